The van der Waals surface area contributed by atoms with Gasteiger partial charge in [-0.1, -0.05) is 68.8 Å². The Morgan fingerprint density at radius 2 is 1.43 bits per heavy atom. The number of aryl methyl sites for hydroxylation is 1. The SMILES string of the molecule is CC(C)(C)OC(=O)/N=C(/NC(=O)OC(C)(C)C)Nc1ccc(C(=O)Oc2ccc(CCC(=O)N[C@@H](Cc3ccccc3)C(C)(C)C)c(Cl)c2)cc1. The quantitative estimate of drug-likeness (QED) is 0.0864. The van der Waals surface area contributed by atoms with Crippen LogP contribution in [0.25, 0.3) is 0 Å². The molecule has 0 saturated carbocycles. The second-order valence-corrected chi connectivity index (χ2v) is 15.5. The number of benzene rings is 3. The molecule has 274 valence electrons. The molecule has 0 spiro atoms. The molecule has 0 aliphatic heterocycles. The van der Waals surface area contributed by atoms with Crippen LogP contribution in [-0.2, 0) is 27.1 Å². The Labute approximate surface area is 305 Å². The first-order chi connectivity index (χ1) is 23.7. The van der Waals surface area contributed by atoms with Gasteiger partial charge in [0.2, 0.25) is 11.9 Å². The Hall–Kier alpha value is -4.90. The second kappa shape index (κ2) is 17.4. The van der Waals surface area contributed by atoms with E-state index >= 15 is 0 Å². The fourth-order valence-electron chi connectivity index (χ4n) is 4.59. The zero-order valence-corrected chi connectivity index (χ0v) is 31.6. The molecule has 11 nitrogen and oxygen atoms in total. The van der Waals surface area contributed by atoms with Crippen LogP contribution in [-0.4, -0.2) is 47.3 Å². The number of carbonyl (C=O) groups excluding carboxylic acids is 4. The molecule has 0 fully saturated rings. The van der Waals surface area contributed by atoms with Gasteiger partial charge in [0.15, 0.2) is 0 Å². The van der Waals surface area contributed by atoms with Gasteiger partial charge in [0.1, 0.15) is 17.0 Å². The van der Waals surface area contributed by atoms with Crippen molar-refractivity contribution in [3.63, 3.8) is 0 Å². The van der Waals surface area contributed by atoms with Crippen molar-refractivity contribution in [3.05, 3.63) is 94.5 Å². The molecule has 0 saturated heterocycles. The van der Waals surface area contributed by atoms with E-state index in [4.69, 9.17) is 25.8 Å². The normalized spacial score (nSPS) is 12.7. The molecule has 0 aromatic heterocycles. The largest absolute Gasteiger partial charge is 0.444 e. The van der Waals surface area contributed by atoms with Gasteiger partial charge in [0.25, 0.3) is 0 Å². The fourth-order valence-corrected chi connectivity index (χ4v) is 4.85. The Balaban J connectivity index is 1.61. The summed E-state index contributed by atoms with van der Waals surface area (Å²) in [5.41, 5.74) is 0.806. The molecule has 12 heteroatoms. The number of anilines is 1. The maximum Gasteiger partial charge on any atom is 0.437 e. The molecule has 0 bridgehead atoms. The van der Waals surface area contributed by atoms with Crippen LogP contribution < -0.4 is 20.7 Å². The van der Waals surface area contributed by atoms with Gasteiger partial charge in [0, 0.05) is 23.2 Å². The average Bonchev–Trinajstić information content (AvgIpc) is 2.98. The van der Waals surface area contributed by atoms with E-state index in [1.165, 1.54) is 18.2 Å². The topological polar surface area (TPSA) is 144 Å². The highest BCUT2D eigenvalue weighted by Gasteiger charge is 2.26. The van der Waals surface area contributed by atoms with E-state index in [0.717, 1.165) is 17.5 Å². The van der Waals surface area contributed by atoms with Crippen LogP contribution in [0.15, 0.2) is 77.8 Å². The highest BCUT2D eigenvalue weighted by Crippen LogP contribution is 2.26. The fraction of sp³-hybridized carbons (Fsp3) is 0.410. The lowest BCUT2D eigenvalue weighted by Gasteiger charge is -2.32. The third-order valence-electron chi connectivity index (χ3n) is 7.12. The number of hydrogen-bond acceptors (Lipinski definition) is 7. The Bertz CT molecular complexity index is 1700. The van der Waals surface area contributed by atoms with Crippen LogP contribution in [0, 0.1) is 5.41 Å². The minimum Gasteiger partial charge on any atom is -0.444 e. The number of nitrogens with zero attached hydrogens (tertiary/aromatic N) is 1. The minimum absolute atomic E-state index is 0.0455. The van der Waals surface area contributed by atoms with Crippen LogP contribution in [0.1, 0.15) is 90.2 Å². The summed E-state index contributed by atoms with van der Waals surface area (Å²) in [6.07, 6.45) is -0.374. The molecule has 0 radical (unpaired) electrons. The van der Waals surface area contributed by atoms with E-state index in [-0.39, 0.29) is 41.1 Å². The number of halogens is 1. The highest BCUT2D eigenvalue weighted by molar-refractivity contribution is 6.31. The average molecular weight is 721 g/mol. The maximum absolute atomic E-state index is 12.9. The summed E-state index contributed by atoms with van der Waals surface area (Å²) in [6, 6.07) is 21.0. The summed E-state index contributed by atoms with van der Waals surface area (Å²) in [7, 11) is 0. The van der Waals surface area contributed by atoms with E-state index in [1.54, 1.807) is 65.8 Å². The summed E-state index contributed by atoms with van der Waals surface area (Å²) in [4.78, 5) is 54.4. The molecule has 3 aromatic carbocycles. The number of carbonyl (C=O) groups is 4. The number of esters is 1. The van der Waals surface area contributed by atoms with Gasteiger partial charge in [-0.2, -0.15) is 0 Å². The number of hydrogen-bond donors (Lipinski definition) is 3. The molecule has 3 amide bonds. The first-order valence-corrected chi connectivity index (χ1v) is 17.1. The van der Waals surface area contributed by atoms with Crippen molar-refractivity contribution in [1.82, 2.24) is 10.6 Å². The van der Waals surface area contributed by atoms with Gasteiger partial charge in [-0.3, -0.25) is 10.1 Å². The van der Waals surface area contributed by atoms with Crippen molar-refractivity contribution < 1.29 is 33.4 Å². The van der Waals surface area contributed by atoms with Crippen molar-refractivity contribution in [2.45, 2.75) is 98.8 Å². The number of rotatable bonds is 9. The molecular weight excluding hydrogens is 672 g/mol. The molecule has 0 aliphatic rings. The minimum atomic E-state index is -0.929. The van der Waals surface area contributed by atoms with E-state index in [9.17, 15) is 19.2 Å². The summed E-state index contributed by atoms with van der Waals surface area (Å²) < 4.78 is 16.0. The van der Waals surface area contributed by atoms with Crippen molar-refractivity contribution >= 4 is 47.3 Å². The lowest BCUT2D eigenvalue weighted by Crippen LogP contribution is -2.45. The van der Waals surface area contributed by atoms with Crippen LogP contribution in [0.4, 0.5) is 15.3 Å². The van der Waals surface area contributed by atoms with Crippen LogP contribution >= 0.6 is 11.6 Å². The van der Waals surface area contributed by atoms with Crippen molar-refractivity contribution in [3.8, 4) is 5.75 Å². The standard InChI is InChI=1S/C39H49ClN4O7/c1-37(2,3)31(23-25-13-11-10-12-14-25)42-32(45)22-18-26-17-21-29(24-30(26)40)49-33(46)27-15-19-28(20-16-27)41-34(43-35(47)50-38(4,5)6)44-36(48)51-39(7,8)9/h10-17,19-21,24,31H,18,22-23H2,1-9H3,(H,42,45)(H2,41,43,44,47,48)/t31-/m0/s1. The summed E-state index contributed by atoms with van der Waals surface area (Å²) in [5.74, 6) is -0.697. The summed E-state index contributed by atoms with van der Waals surface area (Å²) in [5, 5.41) is 8.80. The molecule has 0 heterocycles. The van der Waals surface area contributed by atoms with Crippen molar-refractivity contribution in [2.24, 2.45) is 10.4 Å². The molecular formula is C39H49ClN4O7. The molecule has 1 atom stereocenters. The molecule has 0 aliphatic carbocycles. The van der Waals surface area contributed by atoms with Crippen molar-refractivity contribution in [1.29, 1.82) is 0 Å². The van der Waals surface area contributed by atoms with Crippen LogP contribution in [0.3, 0.4) is 0 Å². The number of guanidine groups is 1. The second-order valence-electron chi connectivity index (χ2n) is 15.1. The van der Waals surface area contributed by atoms with E-state index < -0.39 is 29.4 Å². The first kappa shape index (κ1) is 40.5. The van der Waals surface area contributed by atoms with Crippen LogP contribution in [0.2, 0.25) is 5.02 Å². The number of aliphatic imine (C=N–C) groups is 1. The van der Waals surface area contributed by atoms with Gasteiger partial charge in [0.05, 0.1) is 5.56 Å². The molecule has 0 unspecified atom stereocenters. The van der Waals surface area contributed by atoms with Gasteiger partial charge in [-0.25, -0.2) is 14.4 Å². The van der Waals surface area contributed by atoms with Gasteiger partial charge >= 0.3 is 18.2 Å². The zero-order valence-electron chi connectivity index (χ0n) is 30.8. The lowest BCUT2D eigenvalue weighted by atomic mass is 9.83. The van der Waals surface area contributed by atoms with Gasteiger partial charge < -0.3 is 24.8 Å². The van der Waals surface area contributed by atoms with Crippen molar-refractivity contribution in [2.75, 3.05) is 5.32 Å². The van der Waals surface area contributed by atoms with E-state index in [0.29, 0.717) is 17.1 Å². The Morgan fingerprint density at radius 3 is 2.00 bits per heavy atom. The Morgan fingerprint density at radius 1 is 0.804 bits per heavy atom. The highest BCUT2D eigenvalue weighted by atomic mass is 35.5. The number of amides is 3. The molecule has 3 N–H and O–H groups in total. The van der Waals surface area contributed by atoms with E-state index in [2.05, 4.69) is 53.8 Å². The first-order valence-electron chi connectivity index (χ1n) is 16.7. The summed E-state index contributed by atoms with van der Waals surface area (Å²) in [6.45, 7) is 16.5. The molecule has 3 aromatic rings. The maximum atomic E-state index is 12.9. The van der Waals surface area contributed by atoms with E-state index in [1.807, 2.05) is 18.2 Å². The smallest absolute Gasteiger partial charge is 0.437 e. The Kier molecular flexibility index (Phi) is 13.8. The lowest BCUT2D eigenvalue weighted by molar-refractivity contribution is -0.122. The third-order valence-corrected chi connectivity index (χ3v) is 7.47. The number of alkyl carbamates (subject to hydrolysis) is 1. The predicted octanol–water partition coefficient (Wildman–Crippen LogP) is 8.49. The molecule has 3 rings (SSSR count). The third kappa shape index (κ3) is 14.9. The van der Waals surface area contributed by atoms with Gasteiger partial charge in [-0.05, 0) is 107 Å². The summed E-state index contributed by atoms with van der Waals surface area (Å²) >= 11 is 6.53. The predicted molar refractivity (Wildman–Crippen MR) is 199 cm³/mol. The van der Waals surface area contributed by atoms with Gasteiger partial charge in [-0.15, -0.1) is 4.99 Å². The number of ether oxygens (including phenoxy) is 3. The monoisotopic (exact) mass is 720 g/mol. The zero-order chi connectivity index (χ0) is 38.0. The van der Waals surface area contributed by atoms with Crippen LogP contribution in [0.5, 0.6) is 5.75 Å². The molecule has 51 heavy (non-hydrogen) atoms. The number of nitrogens with one attached hydrogen (secondary N) is 3.